The van der Waals surface area contributed by atoms with E-state index in [2.05, 4.69) is 15.5 Å². The van der Waals surface area contributed by atoms with Crippen molar-refractivity contribution in [2.45, 2.75) is 50.4 Å². The van der Waals surface area contributed by atoms with Crippen molar-refractivity contribution in [1.29, 1.82) is 0 Å². The van der Waals surface area contributed by atoms with Crippen LogP contribution >= 0.6 is 0 Å². The summed E-state index contributed by atoms with van der Waals surface area (Å²) in [6, 6.07) is 11.0. The van der Waals surface area contributed by atoms with Gasteiger partial charge in [-0.2, -0.15) is 10.2 Å². The molecule has 3 unspecified atom stereocenters. The van der Waals surface area contributed by atoms with Crippen LogP contribution in [0.2, 0.25) is 0 Å². The monoisotopic (exact) mass is 576 g/mol. The number of benzene rings is 2. The van der Waals surface area contributed by atoms with E-state index < -0.39 is 41.5 Å². The summed E-state index contributed by atoms with van der Waals surface area (Å²) in [5, 5.41) is 51.3. The van der Waals surface area contributed by atoms with Crippen LogP contribution in [-0.4, -0.2) is 83.7 Å². The number of aliphatic hydroxyl groups is 4. The third-order valence-corrected chi connectivity index (χ3v) is 7.75. The number of aromatic nitrogens is 2. The Balaban J connectivity index is 2.25. The van der Waals surface area contributed by atoms with Crippen LogP contribution in [0.5, 0.6) is 11.5 Å². The minimum absolute atomic E-state index is 0.0929. The number of rotatable bonds is 15. The highest BCUT2D eigenvalue weighted by Crippen LogP contribution is 2.40. The van der Waals surface area contributed by atoms with Gasteiger partial charge in [-0.3, -0.25) is 4.31 Å². The van der Waals surface area contributed by atoms with E-state index in [9.17, 15) is 28.8 Å². The molecule has 0 fully saturated rings. The van der Waals surface area contributed by atoms with E-state index in [1.54, 1.807) is 38.1 Å². The molecule has 12 nitrogen and oxygen atoms in total. The zero-order chi connectivity index (χ0) is 29.3. The Morgan fingerprint density at radius 1 is 1.02 bits per heavy atom. The highest BCUT2D eigenvalue weighted by Gasteiger charge is 2.35. The van der Waals surface area contributed by atoms with Gasteiger partial charge in [0.25, 0.3) is 10.0 Å². The second-order valence-corrected chi connectivity index (χ2v) is 10.8. The summed E-state index contributed by atoms with van der Waals surface area (Å²) in [6.07, 6.45) is -1.75. The molecule has 13 heteroatoms. The van der Waals surface area contributed by atoms with Gasteiger partial charge in [0, 0.05) is 6.07 Å². The first-order chi connectivity index (χ1) is 19.1. The van der Waals surface area contributed by atoms with Gasteiger partial charge < -0.3 is 35.2 Å². The lowest BCUT2D eigenvalue weighted by molar-refractivity contribution is -0.0723. The minimum Gasteiger partial charge on any atom is -0.494 e. The van der Waals surface area contributed by atoms with Gasteiger partial charge in [-0.15, -0.1) is 0 Å². The van der Waals surface area contributed by atoms with E-state index in [4.69, 9.17) is 9.47 Å². The van der Waals surface area contributed by atoms with Crippen LogP contribution in [-0.2, 0) is 10.0 Å². The topological polar surface area (TPSA) is 175 Å². The molecule has 0 spiro atoms. The Bertz CT molecular complexity index is 1340. The molecule has 2 aromatic carbocycles. The molecule has 0 aliphatic carbocycles. The lowest BCUT2D eigenvalue weighted by atomic mass is 10.1. The van der Waals surface area contributed by atoms with Gasteiger partial charge in [-0.05, 0) is 50.1 Å². The summed E-state index contributed by atoms with van der Waals surface area (Å²) in [6.45, 7) is 4.51. The van der Waals surface area contributed by atoms with Gasteiger partial charge >= 0.3 is 0 Å². The molecule has 40 heavy (non-hydrogen) atoms. The Morgan fingerprint density at radius 2 is 1.77 bits per heavy atom. The first kappa shape index (κ1) is 31.0. The normalized spacial score (nSPS) is 13.8. The van der Waals surface area contributed by atoms with Crippen LogP contribution < -0.4 is 19.1 Å². The molecule has 0 amide bonds. The molecule has 0 aliphatic heterocycles. The predicted molar refractivity (Wildman–Crippen MR) is 150 cm³/mol. The van der Waals surface area contributed by atoms with Crippen molar-refractivity contribution in [2.24, 2.45) is 0 Å². The summed E-state index contributed by atoms with van der Waals surface area (Å²) in [7, 11) is -4.47. The Hall–Kier alpha value is -3.49. The van der Waals surface area contributed by atoms with Gasteiger partial charge in [0.15, 0.2) is 0 Å². The van der Waals surface area contributed by atoms with E-state index in [0.717, 1.165) is 4.31 Å². The molecule has 0 bridgehead atoms. The second kappa shape index (κ2) is 14.2. The molecular weight excluding hydrogens is 540 g/mol. The fourth-order valence-electron chi connectivity index (χ4n) is 3.94. The summed E-state index contributed by atoms with van der Waals surface area (Å²) in [5.74, 6) is 0.486. The van der Waals surface area contributed by atoms with Gasteiger partial charge in [0.2, 0.25) is 0 Å². The number of sulfonamides is 1. The molecule has 3 aromatic rings. The number of aliphatic hydroxyl groups excluding tert-OH is 4. The second-order valence-electron chi connectivity index (χ2n) is 8.96. The number of ether oxygens (including phenoxy) is 2. The van der Waals surface area contributed by atoms with E-state index in [-0.39, 0.29) is 22.9 Å². The smallest absolute Gasteiger partial charge is 0.268 e. The third-order valence-electron chi connectivity index (χ3n) is 5.93. The highest BCUT2D eigenvalue weighted by molar-refractivity contribution is 7.93. The molecule has 3 rings (SSSR count). The molecule has 0 aliphatic rings. The van der Waals surface area contributed by atoms with E-state index >= 15 is 0 Å². The first-order valence-corrected chi connectivity index (χ1v) is 14.3. The van der Waals surface area contributed by atoms with Crippen LogP contribution in [0.3, 0.4) is 0 Å². The molecule has 3 atom stereocenters. The zero-order valence-electron chi connectivity index (χ0n) is 22.6. The molecule has 5 N–H and O–H groups in total. The van der Waals surface area contributed by atoms with Crippen LogP contribution in [0.1, 0.15) is 25.8 Å². The van der Waals surface area contributed by atoms with Gasteiger partial charge in [-0.1, -0.05) is 19.1 Å². The van der Waals surface area contributed by atoms with E-state index in [0.29, 0.717) is 35.7 Å². The van der Waals surface area contributed by atoms with E-state index in [1.807, 2.05) is 6.92 Å². The lowest BCUT2D eigenvalue weighted by Crippen LogP contribution is -2.47. The number of hydrogen-bond acceptors (Lipinski definition) is 11. The van der Waals surface area contributed by atoms with Crippen molar-refractivity contribution < 1.29 is 38.3 Å². The molecule has 0 saturated carbocycles. The molecular formula is C27H36N4O8S. The number of nitrogens with zero attached hydrogens (tertiary/aromatic N) is 3. The Morgan fingerprint density at radius 3 is 2.42 bits per heavy atom. The van der Waals surface area contributed by atoms with E-state index in [1.165, 1.54) is 30.6 Å². The average Bonchev–Trinajstić information content (AvgIpc) is 2.95. The molecule has 0 radical (unpaired) electrons. The van der Waals surface area contributed by atoms with Crippen molar-refractivity contribution >= 4 is 27.1 Å². The number of hydrogen-bond donors (Lipinski definition) is 5. The maximum atomic E-state index is 14.3. The summed E-state index contributed by atoms with van der Waals surface area (Å²) >= 11 is 0. The standard InChI is InChI=1S/C27H36N4O8S/c1-4-12-39-24-8-6-7-9-25(24)40(36,37)31(16-22(33)27(35)23(34)17-32)21-14-20(38-5-2)13-18(3)26(21)30-19-10-11-28-29-15-19/h6-11,13-15,22-23,27,32-35H,4-5,12,16-17H2,1-3H3,(H,28,30). The quantitative estimate of drug-likeness (QED) is 0.179. The maximum absolute atomic E-state index is 14.3. The first-order valence-electron chi connectivity index (χ1n) is 12.8. The number of para-hydroxylation sites is 1. The van der Waals surface area contributed by atoms with Crippen LogP contribution in [0.25, 0.3) is 0 Å². The maximum Gasteiger partial charge on any atom is 0.268 e. The lowest BCUT2D eigenvalue weighted by Gasteiger charge is -2.32. The van der Waals surface area contributed by atoms with Crippen LogP contribution in [0, 0.1) is 6.92 Å². The average molecular weight is 577 g/mol. The molecule has 218 valence electrons. The van der Waals surface area contributed by atoms with Crippen molar-refractivity contribution in [3.8, 4) is 11.5 Å². The van der Waals surface area contributed by atoms with Gasteiger partial charge in [0.05, 0.1) is 55.8 Å². The zero-order valence-corrected chi connectivity index (χ0v) is 23.5. The fourth-order valence-corrected chi connectivity index (χ4v) is 5.56. The van der Waals surface area contributed by atoms with Crippen molar-refractivity contribution in [2.75, 3.05) is 36.0 Å². The van der Waals surface area contributed by atoms with Gasteiger partial charge in [-0.25, -0.2) is 8.42 Å². The van der Waals surface area contributed by atoms with Gasteiger partial charge in [0.1, 0.15) is 34.7 Å². The fraction of sp³-hybridized carbons (Fsp3) is 0.407. The van der Waals surface area contributed by atoms with Crippen molar-refractivity contribution in [1.82, 2.24) is 10.2 Å². The summed E-state index contributed by atoms with van der Waals surface area (Å²) in [5.41, 5.74) is 1.58. The highest BCUT2D eigenvalue weighted by atomic mass is 32.2. The number of aryl methyl sites for hydroxylation is 1. The van der Waals surface area contributed by atoms with Crippen LogP contribution in [0.15, 0.2) is 59.8 Å². The molecule has 0 saturated heterocycles. The van der Waals surface area contributed by atoms with Crippen LogP contribution in [0.4, 0.5) is 17.1 Å². The molecule has 1 aromatic heterocycles. The van der Waals surface area contributed by atoms with Crippen molar-refractivity contribution in [3.05, 3.63) is 60.4 Å². The third kappa shape index (κ3) is 7.37. The number of nitrogens with one attached hydrogen (secondary N) is 1. The minimum atomic E-state index is -4.47. The Labute approximate surface area is 233 Å². The Kier molecular flexibility index (Phi) is 11.0. The van der Waals surface area contributed by atoms with Crippen molar-refractivity contribution in [3.63, 3.8) is 0 Å². The predicted octanol–water partition coefficient (Wildman–Crippen LogP) is 1.99. The molecule has 1 heterocycles. The largest absolute Gasteiger partial charge is 0.494 e. The SMILES string of the molecule is CCCOc1ccccc1S(=O)(=O)N(CC(O)C(O)C(O)CO)c1cc(OCC)cc(C)c1Nc1ccnnc1. The summed E-state index contributed by atoms with van der Waals surface area (Å²) in [4.78, 5) is -0.163. The summed E-state index contributed by atoms with van der Waals surface area (Å²) < 4.78 is 41.1. The number of anilines is 3.